The van der Waals surface area contributed by atoms with E-state index in [9.17, 15) is 0 Å². The van der Waals surface area contributed by atoms with Crippen molar-refractivity contribution < 1.29 is 0 Å². The van der Waals surface area contributed by atoms with E-state index in [1.165, 1.54) is 43.8 Å². The Labute approximate surface area is 181 Å². The van der Waals surface area contributed by atoms with Crippen LogP contribution in [0.2, 0.25) is 0 Å². The highest BCUT2D eigenvalue weighted by Gasteiger charge is 2.17. The lowest BCUT2D eigenvalue weighted by molar-refractivity contribution is 1.62. The molecule has 0 nitrogen and oxygen atoms in total. The lowest BCUT2D eigenvalue weighted by Gasteiger charge is -2.18. The van der Waals surface area contributed by atoms with Gasteiger partial charge in [-0.1, -0.05) is 84.9 Å². The minimum absolute atomic E-state index is 1.06. The van der Waals surface area contributed by atoms with Gasteiger partial charge in [-0.3, -0.25) is 0 Å². The first kappa shape index (κ1) is 17.7. The molecule has 0 saturated heterocycles. The van der Waals surface area contributed by atoms with Gasteiger partial charge < -0.3 is 0 Å². The van der Waals surface area contributed by atoms with Crippen LogP contribution >= 0.6 is 31.9 Å². The molecule has 0 unspecified atom stereocenters. The second-order valence-electron chi connectivity index (χ2n) is 6.84. The number of hydrogen-bond acceptors (Lipinski definition) is 0. The summed E-state index contributed by atoms with van der Waals surface area (Å²) in [5, 5.41) is 5.04. The van der Waals surface area contributed by atoms with Crippen molar-refractivity contribution in [3.05, 3.63) is 106 Å². The zero-order chi connectivity index (χ0) is 19.1. The van der Waals surface area contributed by atoms with Gasteiger partial charge in [0.15, 0.2) is 0 Å². The van der Waals surface area contributed by atoms with Crippen molar-refractivity contribution in [2.45, 2.75) is 0 Å². The van der Waals surface area contributed by atoms with Crippen LogP contribution in [0.3, 0.4) is 0 Å². The van der Waals surface area contributed by atoms with Crippen LogP contribution in [0.4, 0.5) is 0 Å². The Balaban J connectivity index is 2.05. The van der Waals surface area contributed by atoms with Gasteiger partial charge in [0.2, 0.25) is 0 Å². The zero-order valence-electron chi connectivity index (χ0n) is 15.0. The van der Waals surface area contributed by atoms with Crippen LogP contribution < -0.4 is 0 Å². The lowest BCUT2D eigenvalue weighted by atomic mass is 9.86. The highest BCUT2D eigenvalue weighted by atomic mass is 79.9. The Morgan fingerprint density at radius 3 is 1.14 bits per heavy atom. The Bertz CT molecular complexity index is 1200. The summed E-state index contributed by atoms with van der Waals surface area (Å²) < 4.78 is 2.12. The van der Waals surface area contributed by atoms with Crippen LogP contribution in [0.1, 0.15) is 0 Å². The molecule has 0 aliphatic rings. The number of hydrogen-bond donors (Lipinski definition) is 0. The fourth-order valence-electron chi connectivity index (χ4n) is 4.00. The maximum atomic E-state index is 3.72. The molecule has 0 saturated carbocycles. The van der Waals surface area contributed by atoms with Gasteiger partial charge in [-0.15, -0.1) is 0 Å². The van der Waals surface area contributed by atoms with E-state index < -0.39 is 0 Å². The quantitative estimate of drug-likeness (QED) is 0.218. The first-order valence-corrected chi connectivity index (χ1v) is 10.8. The average Bonchev–Trinajstić information content (AvgIpc) is 2.74. The van der Waals surface area contributed by atoms with Crippen molar-refractivity contribution in [2.75, 3.05) is 0 Å². The van der Waals surface area contributed by atoms with E-state index in [0.29, 0.717) is 0 Å². The average molecular weight is 488 g/mol. The smallest absolute Gasteiger partial charge is 0.0324 e. The third kappa shape index (κ3) is 2.88. The summed E-state index contributed by atoms with van der Waals surface area (Å²) in [5.41, 5.74) is 5.02. The van der Waals surface area contributed by atoms with Gasteiger partial charge in [-0.2, -0.15) is 0 Å². The monoisotopic (exact) mass is 486 g/mol. The van der Waals surface area contributed by atoms with Crippen molar-refractivity contribution in [1.82, 2.24) is 0 Å². The number of halogens is 2. The second kappa shape index (κ2) is 7.20. The molecule has 0 bridgehead atoms. The Morgan fingerprint density at radius 2 is 0.750 bits per heavy atom. The van der Waals surface area contributed by atoms with Crippen LogP contribution in [-0.2, 0) is 0 Å². The van der Waals surface area contributed by atoms with E-state index in [-0.39, 0.29) is 0 Å². The minimum atomic E-state index is 1.06. The molecule has 0 amide bonds. The lowest BCUT2D eigenvalue weighted by Crippen LogP contribution is -1.91. The van der Waals surface area contributed by atoms with Crippen LogP contribution in [0.25, 0.3) is 43.8 Å². The number of benzene rings is 5. The van der Waals surface area contributed by atoms with Crippen LogP contribution in [0.15, 0.2) is 106 Å². The van der Waals surface area contributed by atoms with E-state index in [1.807, 2.05) is 0 Å². The van der Waals surface area contributed by atoms with Gasteiger partial charge in [-0.05, 0) is 87.8 Å². The molecule has 5 rings (SSSR count). The summed E-state index contributed by atoms with van der Waals surface area (Å²) in [6.07, 6.45) is 0. The molecule has 0 aromatic heterocycles. The summed E-state index contributed by atoms with van der Waals surface area (Å²) >= 11 is 7.44. The largest absolute Gasteiger partial charge is 0.0622 e. The van der Waals surface area contributed by atoms with Crippen LogP contribution in [0, 0.1) is 0 Å². The maximum absolute atomic E-state index is 3.72. The number of fused-ring (bicyclic) bond motifs is 2. The third-order valence-electron chi connectivity index (χ3n) is 5.19. The van der Waals surface area contributed by atoms with Gasteiger partial charge in [0.1, 0.15) is 0 Å². The van der Waals surface area contributed by atoms with Crippen molar-refractivity contribution in [3.8, 4) is 22.3 Å². The minimum Gasteiger partial charge on any atom is -0.0622 e. The molecule has 5 aromatic rings. The molecule has 28 heavy (non-hydrogen) atoms. The summed E-state index contributed by atoms with van der Waals surface area (Å²) in [6.45, 7) is 0. The highest BCUT2D eigenvalue weighted by molar-refractivity contribution is 9.13. The van der Waals surface area contributed by atoms with Gasteiger partial charge in [0.05, 0.1) is 0 Å². The predicted molar refractivity (Wildman–Crippen MR) is 128 cm³/mol. The van der Waals surface area contributed by atoms with Gasteiger partial charge in [-0.25, -0.2) is 0 Å². The molecule has 0 fully saturated rings. The molecule has 2 heteroatoms. The van der Waals surface area contributed by atoms with E-state index in [0.717, 1.165) is 8.95 Å². The summed E-state index contributed by atoms with van der Waals surface area (Å²) in [5.74, 6) is 0. The fourth-order valence-corrected chi connectivity index (χ4v) is 4.69. The maximum Gasteiger partial charge on any atom is 0.0324 e. The number of rotatable bonds is 2. The summed E-state index contributed by atoms with van der Waals surface area (Å²) in [7, 11) is 0. The third-order valence-corrected chi connectivity index (χ3v) is 7.03. The zero-order valence-corrected chi connectivity index (χ0v) is 18.2. The van der Waals surface area contributed by atoms with Crippen molar-refractivity contribution in [2.24, 2.45) is 0 Å². The molecule has 0 aliphatic heterocycles. The molecule has 0 aliphatic carbocycles. The molecule has 5 aromatic carbocycles. The van der Waals surface area contributed by atoms with Crippen molar-refractivity contribution in [1.29, 1.82) is 0 Å². The van der Waals surface area contributed by atoms with Crippen LogP contribution in [-0.4, -0.2) is 0 Å². The van der Waals surface area contributed by atoms with Crippen molar-refractivity contribution >= 4 is 53.4 Å². The first-order valence-electron chi connectivity index (χ1n) is 9.18. The fraction of sp³-hybridized carbons (Fsp3) is 0. The molecule has 0 heterocycles. The topological polar surface area (TPSA) is 0 Å². The molecule has 0 N–H and O–H groups in total. The SMILES string of the molecule is Brc1cc2c(-c3ccccc3)c3ccccc3c(-c3ccccc3)c2cc1Br. The first-order chi connectivity index (χ1) is 13.7. The molecule has 0 radical (unpaired) electrons. The Hall–Kier alpha value is -2.42. The molecular formula is C26H16Br2. The predicted octanol–water partition coefficient (Wildman–Crippen LogP) is 8.85. The normalized spacial score (nSPS) is 11.2. The standard InChI is InChI=1S/C26H16Br2/c27-23-15-21-22(16-24(23)28)26(18-11-5-2-6-12-18)20-14-8-7-13-19(20)25(21)17-9-3-1-4-10-17/h1-16H. The highest BCUT2D eigenvalue weighted by Crippen LogP contribution is 2.45. The van der Waals surface area contributed by atoms with Gasteiger partial charge >= 0.3 is 0 Å². The molecule has 0 atom stereocenters. The van der Waals surface area contributed by atoms with E-state index in [1.54, 1.807) is 0 Å². The van der Waals surface area contributed by atoms with E-state index in [2.05, 4.69) is 129 Å². The molecule has 0 spiro atoms. The second-order valence-corrected chi connectivity index (χ2v) is 8.55. The molecular weight excluding hydrogens is 472 g/mol. The van der Waals surface area contributed by atoms with Crippen molar-refractivity contribution in [3.63, 3.8) is 0 Å². The summed E-state index contributed by atoms with van der Waals surface area (Å²) in [4.78, 5) is 0. The van der Waals surface area contributed by atoms with Gasteiger partial charge in [0, 0.05) is 8.95 Å². The molecule has 134 valence electrons. The summed E-state index contributed by atoms with van der Waals surface area (Å²) in [6, 6.07) is 34.5. The van der Waals surface area contributed by atoms with E-state index in [4.69, 9.17) is 0 Å². The van der Waals surface area contributed by atoms with Crippen LogP contribution in [0.5, 0.6) is 0 Å². The Morgan fingerprint density at radius 1 is 0.393 bits per heavy atom. The Kier molecular flexibility index (Phi) is 4.54. The van der Waals surface area contributed by atoms with Gasteiger partial charge in [0.25, 0.3) is 0 Å². The van der Waals surface area contributed by atoms with E-state index >= 15 is 0 Å².